The van der Waals surface area contributed by atoms with Crippen molar-refractivity contribution < 1.29 is 0 Å². The second-order valence-corrected chi connectivity index (χ2v) is 4.73. The summed E-state index contributed by atoms with van der Waals surface area (Å²) in [5.74, 6) is 0.578. The predicted octanol–water partition coefficient (Wildman–Crippen LogP) is 3.32. The van der Waals surface area contributed by atoms with Crippen molar-refractivity contribution in [1.29, 1.82) is 5.26 Å². The first-order valence-corrected chi connectivity index (χ1v) is 6.90. The number of benzene rings is 1. The average molecular weight is 277 g/mol. The summed E-state index contributed by atoms with van der Waals surface area (Å²) in [5, 5.41) is 16.3. The van der Waals surface area contributed by atoms with E-state index in [1.807, 2.05) is 53.0 Å². The lowest BCUT2D eigenvalue weighted by Gasteiger charge is -2.01. The lowest BCUT2D eigenvalue weighted by Crippen LogP contribution is -1.99. The van der Waals surface area contributed by atoms with Crippen LogP contribution in [0, 0.1) is 11.3 Å². The summed E-state index contributed by atoms with van der Waals surface area (Å²) >= 11 is 0. The van der Waals surface area contributed by atoms with Crippen LogP contribution < -0.4 is 5.32 Å². The molecule has 0 bridgehead atoms. The second kappa shape index (κ2) is 6.06. The van der Waals surface area contributed by atoms with Gasteiger partial charge in [-0.3, -0.25) is 0 Å². The minimum absolute atomic E-state index is 0.556. The molecule has 0 fully saturated rings. The maximum absolute atomic E-state index is 8.63. The number of nitrogens with zero attached hydrogens (tertiary/aromatic N) is 4. The number of rotatable bonds is 5. The van der Waals surface area contributed by atoms with Crippen molar-refractivity contribution in [3.8, 4) is 6.07 Å². The Hall–Kier alpha value is -2.87. The van der Waals surface area contributed by atoms with Crippen LogP contribution in [0.2, 0.25) is 0 Å². The number of anilines is 2. The second-order valence-electron chi connectivity index (χ2n) is 4.73. The third kappa shape index (κ3) is 3.00. The van der Waals surface area contributed by atoms with Crippen LogP contribution >= 0.6 is 0 Å². The predicted molar refractivity (Wildman–Crippen MR) is 81.3 cm³/mol. The molecule has 0 spiro atoms. The van der Waals surface area contributed by atoms with Crippen molar-refractivity contribution in [3.63, 3.8) is 0 Å². The van der Waals surface area contributed by atoms with Crippen LogP contribution in [0.15, 0.2) is 48.5 Å². The highest BCUT2D eigenvalue weighted by molar-refractivity contribution is 5.55. The number of pyridine rings is 1. The van der Waals surface area contributed by atoms with Crippen molar-refractivity contribution in [2.75, 3.05) is 5.32 Å². The van der Waals surface area contributed by atoms with E-state index in [0.29, 0.717) is 12.4 Å². The molecule has 0 aliphatic carbocycles. The molecule has 5 heteroatoms. The topological polar surface area (TPSA) is 66.0 Å². The third-order valence-corrected chi connectivity index (χ3v) is 3.19. The van der Waals surface area contributed by atoms with Crippen LogP contribution in [-0.2, 0) is 6.42 Å². The minimum atomic E-state index is 0.556. The van der Waals surface area contributed by atoms with E-state index in [1.54, 1.807) is 0 Å². The molecule has 0 aliphatic heterocycles. The summed E-state index contributed by atoms with van der Waals surface area (Å²) in [7, 11) is 0. The van der Waals surface area contributed by atoms with E-state index in [9.17, 15) is 0 Å². The zero-order valence-electron chi connectivity index (χ0n) is 11.5. The molecule has 5 nitrogen and oxygen atoms in total. The van der Waals surface area contributed by atoms with E-state index in [2.05, 4.69) is 21.5 Å². The van der Waals surface area contributed by atoms with Gasteiger partial charge in [-0.05, 0) is 37.1 Å². The first kappa shape index (κ1) is 13.1. The number of nitrogens with one attached hydrogen (secondary N) is 1. The maximum atomic E-state index is 8.63. The molecule has 0 saturated carbocycles. The summed E-state index contributed by atoms with van der Waals surface area (Å²) < 4.78 is 1.84. The molecular formula is C16H15N5. The molecular weight excluding hydrogens is 262 g/mol. The normalized spacial score (nSPS) is 10.4. The van der Waals surface area contributed by atoms with E-state index >= 15 is 0 Å². The van der Waals surface area contributed by atoms with Gasteiger partial charge in [-0.2, -0.15) is 10.2 Å². The Labute approximate surface area is 122 Å². The van der Waals surface area contributed by atoms with Crippen molar-refractivity contribution in [2.45, 2.75) is 19.3 Å². The van der Waals surface area contributed by atoms with Gasteiger partial charge in [0.15, 0.2) is 5.65 Å². The number of nitriles is 1. The number of hydrogen-bond acceptors (Lipinski definition) is 4. The summed E-state index contributed by atoms with van der Waals surface area (Å²) in [6.07, 6.45) is 2.20. The highest BCUT2D eigenvalue weighted by Crippen LogP contribution is 2.15. The number of aromatic nitrogens is 3. The molecule has 0 unspecified atom stereocenters. The first-order chi connectivity index (χ1) is 10.4. The van der Waals surface area contributed by atoms with Crippen LogP contribution in [0.25, 0.3) is 5.65 Å². The number of para-hydroxylation sites is 1. The van der Waals surface area contributed by atoms with Gasteiger partial charge in [0.25, 0.3) is 0 Å². The minimum Gasteiger partial charge on any atom is -0.323 e. The lowest BCUT2D eigenvalue weighted by molar-refractivity contribution is 0.776. The van der Waals surface area contributed by atoms with E-state index in [0.717, 1.165) is 29.9 Å². The fourth-order valence-corrected chi connectivity index (χ4v) is 2.20. The van der Waals surface area contributed by atoms with Crippen LogP contribution in [-0.4, -0.2) is 14.6 Å². The van der Waals surface area contributed by atoms with Gasteiger partial charge in [0.1, 0.15) is 0 Å². The summed E-state index contributed by atoms with van der Waals surface area (Å²) in [6, 6.07) is 17.9. The third-order valence-electron chi connectivity index (χ3n) is 3.19. The van der Waals surface area contributed by atoms with Gasteiger partial charge in [0.05, 0.1) is 6.07 Å². The SMILES string of the molecule is N#CCCCc1cccc2nc(Nc3ccccc3)nn12. The summed E-state index contributed by atoms with van der Waals surface area (Å²) in [4.78, 5) is 4.47. The van der Waals surface area contributed by atoms with Gasteiger partial charge in [-0.15, -0.1) is 5.10 Å². The standard InChI is InChI=1S/C16H15N5/c17-12-5-4-9-14-10-6-11-15-19-16(20-21(14)15)18-13-7-2-1-3-8-13/h1-3,6-8,10-11H,4-5,9H2,(H,18,20). The summed E-state index contributed by atoms with van der Waals surface area (Å²) in [5.41, 5.74) is 2.83. The van der Waals surface area contributed by atoms with Crippen molar-refractivity contribution in [1.82, 2.24) is 14.6 Å². The zero-order chi connectivity index (χ0) is 14.5. The van der Waals surface area contributed by atoms with Gasteiger partial charge < -0.3 is 5.32 Å². The molecule has 3 rings (SSSR count). The highest BCUT2D eigenvalue weighted by Gasteiger charge is 2.07. The van der Waals surface area contributed by atoms with Crippen LogP contribution in [0.4, 0.5) is 11.6 Å². The molecule has 2 heterocycles. The Bertz CT molecular complexity index is 770. The Morgan fingerprint density at radius 1 is 1.10 bits per heavy atom. The molecule has 0 saturated heterocycles. The molecule has 3 aromatic rings. The molecule has 0 aliphatic rings. The van der Waals surface area contributed by atoms with E-state index < -0.39 is 0 Å². The quantitative estimate of drug-likeness (QED) is 0.726. The van der Waals surface area contributed by atoms with Gasteiger partial charge in [-0.25, -0.2) is 4.52 Å². The monoisotopic (exact) mass is 277 g/mol. The number of fused-ring (bicyclic) bond motifs is 1. The van der Waals surface area contributed by atoms with Crippen LogP contribution in [0.1, 0.15) is 18.5 Å². The first-order valence-electron chi connectivity index (χ1n) is 6.90. The molecule has 21 heavy (non-hydrogen) atoms. The molecule has 0 amide bonds. The average Bonchev–Trinajstić information content (AvgIpc) is 2.92. The van der Waals surface area contributed by atoms with Gasteiger partial charge in [0.2, 0.25) is 5.95 Å². The van der Waals surface area contributed by atoms with Crippen LogP contribution in [0.3, 0.4) is 0 Å². The highest BCUT2D eigenvalue weighted by atomic mass is 15.4. The van der Waals surface area contributed by atoms with E-state index in [-0.39, 0.29) is 0 Å². The Morgan fingerprint density at radius 3 is 2.76 bits per heavy atom. The lowest BCUT2D eigenvalue weighted by atomic mass is 10.2. The van der Waals surface area contributed by atoms with Crippen molar-refractivity contribution in [2.24, 2.45) is 0 Å². The summed E-state index contributed by atoms with van der Waals surface area (Å²) in [6.45, 7) is 0. The maximum Gasteiger partial charge on any atom is 0.247 e. The van der Waals surface area contributed by atoms with Crippen molar-refractivity contribution in [3.05, 3.63) is 54.2 Å². The Kier molecular flexibility index (Phi) is 3.79. The molecule has 0 radical (unpaired) electrons. The van der Waals surface area contributed by atoms with E-state index in [4.69, 9.17) is 5.26 Å². The largest absolute Gasteiger partial charge is 0.323 e. The Morgan fingerprint density at radius 2 is 1.95 bits per heavy atom. The smallest absolute Gasteiger partial charge is 0.247 e. The number of aryl methyl sites for hydroxylation is 1. The zero-order valence-corrected chi connectivity index (χ0v) is 11.5. The van der Waals surface area contributed by atoms with Gasteiger partial charge in [-0.1, -0.05) is 24.3 Å². The molecule has 1 aromatic carbocycles. The fourth-order valence-electron chi connectivity index (χ4n) is 2.20. The number of hydrogen-bond donors (Lipinski definition) is 1. The molecule has 0 atom stereocenters. The molecule has 2 aromatic heterocycles. The van der Waals surface area contributed by atoms with Crippen molar-refractivity contribution >= 4 is 17.3 Å². The fraction of sp³-hybridized carbons (Fsp3) is 0.188. The van der Waals surface area contributed by atoms with E-state index in [1.165, 1.54) is 0 Å². The Balaban J connectivity index is 1.86. The molecule has 1 N–H and O–H groups in total. The van der Waals surface area contributed by atoms with Gasteiger partial charge >= 0.3 is 0 Å². The van der Waals surface area contributed by atoms with Gasteiger partial charge in [0, 0.05) is 17.8 Å². The molecule has 104 valence electrons. The number of unbranched alkanes of at least 4 members (excludes halogenated alkanes) is 1. The van der Waals surface area contributed by atoms with Crippen LogP contribution in [0.5, 0.6) is 0 Å².